The van der Waals surface area contributed by atoms with Crippen LogP contribution < -0.4 is 5.73 Å². The van der Waals surface area contributed by atoms with Crippen molar-refractivity contribution in [1.29, 1.82) is 0 Å². The van der Waals surface area contributed by atoms with Gasteiger partial charge in [0.2, 0.25) is 0 Å². The summed E-state index contributed by atoms with van der Waals surface area (Å²) in [6.07, 6.45) is 5.95. The summed E-state index contributed by atoms with van der Waals surface area (Å²) in [4.78, 5) is 9.44. The average molecular weight is 308 g/mol. The molecule has 3 aromatic rings. The van der Waals surface area contributed by atoms with Crippen LogP contribution in [0.2, 0.25) is 0 Å². The van der Waals surface area contributed by atoms with Crippen molar-refractivity contribution in [2.24, 2.45) is 5.73 Å². The van der Waals surface area contributed by atoms with Crippen molar-refractivity contribution in [3.05, 3.63) is 59.5 Å². The predicted octanol–water partition coefficient (Wildman–Crippen LogP) is 3.26. The summed E-state index contributed by atoms with van der Waals surface area (Å²) < 4.78 is 2.27. The van der Waals surface area contributed by atoms with Crippen LogP contribution in [-0.4, -0.2) is 21.1 Å². The van der Waals surface area contributed by atoms with Gasteiger partial charge in [-0.15, -0.1) is 0 Å². The molecule has 0 atom stereocenters. The smallest absolute Gasteiger partial charge is 0.160 e. The number of aromatic nitrogens is 3. The zero-order valence-corrected chi connectivity index (χ0v) is 13.7. The van der Waals surface area contributed by atoms with Gasteiger partial charge >= 0.3 is 0 Å². The fraction of sp³-hybridized carbons (Fsp3) is 0.368. The van der Waals surface area contributed by atoms with Crippen molar-refractivity contribution in [2.75, 3.05) is 6.54 Å². The number of nitrogens with two attached hydrogens (primary N) is 1. The van der Waals surface area contributed by atoms with E-state index in [-0.39, 0.29) is 0 Å². The first-order valence-electron chi connectivity index (χ1n) is 8.33. The fourth-order valence-corrected chi connectivity index (χ4v) is 2.90. The third kappa shape index (κ3) is 3.77. The van der Waals surface area contributed by atoms with Gasteiger partial charge in [0, 0.05) is 19.2 Å². The van der Waals surface area contributed by atoms with Crippen LogP contribution >= 0.6 is 0 Å². The van der Waals surface area contributed by atoms with Crippen molar-refractivity contribution < 1.29 is 0 Å². The Morgan fingerprint density at radius 1 is 1.09 bits per heavy atom. The van der Waals surface area contributed by atoms with Gasteiger partial charge in [0.05, 0.1) is 0 Å². The molecule has 3 rings (SSSR count). The molecular formula is C19H24N4. The third-order valence-corrected chi connectivity index (χ3v) is 4.12. The molecule has 2 heterocycles. The van der Waals surface area contributed by atoms with Crippen LogP contribution in [0.3, 0.4) is 0 Å². The summed E-state index contributed by atoms with van der Waals surface area (Å²) in [7, 11) is 0. The largest absolute Gasteiger partial charge is 0.330 e. The summed E-state index contributed by atoms with van der Waals surface area (Å²) in [5, 5.41) is 0. The van der Waals surface area contributed by atoms with E-state index in [1.165, 1.54) is 5.56 Å². The van der Waals surface area contributed by atoms with Gasteiger partial charge in [-0.05, 0) is 49.9 Å². The number of hydrogen-bond acceptors (Lipinski definition) is 3. The zero-order chi connectivity index (χ0) is 16.1. The van der Waals surface area contributed by atoms with Crippen molar-refractivity contribution in [1.82, 2.24) is 14.5 Å². The molecule has 23 heavy (non-hydrogen) atoms. The second-order valence-corrected chi connectivity index (χ2v) is 6.02. The molecule has 0 amide bonds. The van der Waals surface area contributed by atoms with Crippen LogP contribution in [0.4, 0.5) is 0 Å². The van der Waals surface area contributed by atoms with E-state index in [4.69, 9.17) is 10.7 Å². The number of fused-ring (bicyclic) bond motifs is 1. The summed E-state index contributed by atoms with van der Waals surface area (Å²) >= 11 is 0. The summed E-state index contributed by atoms with van der Waals surface area (Å²) in [5.41, 5.74) is 10.1. The Bertz CT molecular complexity index is 762. The summed E-state index contributed by atoms with van der Waals surface area (Å²) in [5.74, 6) is 1.12. The molecule has 4 nitrogen and oxygen atoms in total. The predicted molar refractivity (Wildman–Crippen MR) is 94.4 cm³/mol. The first-order valence-corrected chi connectivity index (χ1v) is 8.33. The van der Waals surface area contributed by atoms with Crippen molar-refractivity contribution in [3.8, 4) is 0 Å². The lowest BCUT2D eigenvalue weighted by molar-refractivity contribution is 0.597. The lowest BCUT2D eigenvalue weighted by atomic mass is 10.1. The fourth-order valence-electron chi connectivity index (χ4n) is 2.90. The summed E-state index contributed by atoms with van der Waals surface area (Å²) in [6.45, 7) is 3.73. The Morgan fingerprint density at radius 2 is 1.91 bits per heavy atom. The van der Waals surface area contributed by atoms with Crippen LogP contribution in [0.1, 0.15) is 29.8 Å². The number of pyridine rings is 1. The van der Waals surface area contributed by atoms with Gasteiger partial charge in [-0.3, -0.25) is 0 Å². The number of hydrogen-bond donors (Lipinski definition) is 1. The number of imidazole rings is 1. The molecular weight excluding hydrogens is 284 g/mol. The highest BCUT2D eigenvalue weighted by Crippen LogP contribution is 2.18. The average Bonchev–Trinajstić information content (AvgIpc) is 2.91. The lowest BCUT2D eigenvalue weighted by Crippen LogP contribution is -2.08. The van der Waals surface area contributed by atoms with Gasteiger partial charge in [-0.2, -0.15) is 0 Å². The van der Waals surface area contributed by atoms with Crippen molar-refractivity contribution in [2.45, 2.75) is 39.2 Å². The van der Waals surface area contributed by atoms with Crippen LogP contribution in [0.25, 0.3) is 11.2 Å². The van der Waals surface area contributed by atoms with E-state index < -0.39 is 0 Å². The minimum atomic E-state index is 0.735. The highest BCUT2D eigenvalue weighted by atomic mass is 15.1. The molecule has 120 valence electrons. The Morgan fingerprint density at radius 3 is 2.70 bits per heavy atom. The maximum Gasteiger partial charge on any atom is 0.160 e. The number of unbranched alkanes of at least 4 members (excludes halogenated alkanes) is 1. The Hall–Kier alpha value is -2.20. The van der Waals surface area contributed by atoms with Crippen molar-refractivity contribution in [3.63, 3.8) is 0 Å². The second kappa shape index (κ2) is 7.38. The standard InChI is InChI=1S/C19H24N4/c1-15-13-17-19(21-14-15)23(12-6-5-11-20)18(22-17)10-9-16-7-3-2-4-8-16/h2-4,7-8,13-14H,5-6,9-12,20H2,1H3. The van der Waals surface area contributed by atoms with Gasteiger partial charge in [-0.1, -0.05) is 30.3 Å². The van der Waals surface area contributed by atoms with Gasteiger partial charge in [0.15, 0.2) is 5.65 Å². The molecule has 0 aliphatic heterocycles. The zero-order valence-electron chi connectivity index (χ0n) is 13.7. The van der Waals surface area contributed by atoms with Crippen LogP contribution in [0.5, 0.6) is 0 Å². The molecule has 0 aliphatic carbocycles. The molecule has 0 saturated carbocycles. The maximum atomic E-state index is 5.63. The van der Waals surface area contributed by atoms with Crippen LogP contribution in [0, 0.1) is 6.92 Å². The third-order valence-electron chi connectivity index (χ3n) is 4.12. The van der Waals surface area contributed by atoms with E-state index in [0.717, 1.165) is 61.3 Å². The number of aryl methyl sites for hydroxylation is 4. The Balaban J connectivity index is 1.85. The molecule has 0 unspecified atom stereocenters. The molecule has 0 fully saturated rings. The number of benzene rings is 1. The van der Waals surface area contributed by atoms with Gasteiger partial charge in [-0.25, -0.2) is 9.97 Å². The van der Waals surface area contributed by atoms with Gasteiger partial charge < -0.3 is 10.3 Å². The Labute approximate surface area is 137 Å². The Kier molecular flexibility index (Phi) is 5.03. The molecule has 2 N–H and O–H groups in total. The first kappa shape index (κ1) is 15.7. The minimum Gasteiger partial charge on any atom is -0.330 e. The van der Waals surface area contributed by atoms with Gasteiger partial charge in [0.1, 0.15) is 11.3 Å². The molecule has 0 bridgehead atoms. The molecule has 0 radical (unpaired) electrons. The van der Waals surface area contributed by atoms with Crippen LogP contribution in [-0.2, 0) is 19.4 Å². The molecule has 0 aliphatic rings. The van der Waals surface area contributed by atoms with Crippen molar-refractivity contribution >= 4 is 11.2 Å². The number of nitrogens with zero attached hydrogens (tertiary/aromatic N) is 3. The maximum absolute atomic E-state index is 5.63. The minimum absolute atomic E-state index is 0.735. The van der Waals surface area contributed by atoms with E-state index in [2.05, 4.69) is 52.9 Å². The van der Waals surface area contributed by atoms with Gasteiger partial charge in [0.25, 0.3) is 0 Å². The van der Waals surface area contributed by atoms with Crippen LogP contribution in [0.15, 0.2) is 42.6 Å². The normalized spacial score (nSPS) is 11.2. The van der Waals surface area contributed by atoms with E-state index in [1.807, 2.05) is 6.20 Å². The number of rotatable bonds is 7. The van der Waals surface area contributed by atoms with E-state index in [9.17, 15) is 0 Å². The monoisotopic (exact) mass is 308 g/mol. The lowest BCUT2D eigenvalue weighted by Gasteiger charge is -2.08. The second-order valence-electron chi connectivity index (χ2n) is 6.02. The summed E-state index contributed by atoms with van der Waals surface area (Å²) in [6, 6.07) is 12.7. The van der Waals surface area contributed by atoms with E-state index >= 15 is 0 Å². The highest BCUT2D eigenvalue weighted by molar-refractivity contribution is 5.72. The first-order chi connectivity index (χ1) is 11.3. The SMILES string of the molecule is Cc1cnc2c(c1)nc(CCc1ccccc1)n2CCCCN. The van der Waals surface area contributed by atoms with E-state index in [1.54, 1.807) is 0 Å². The highest BCUT2D eigenvalue weighted by Gasteiger charge is 2.12. The molecule has 1 aromatic carbocycles. The van der Waals surface area contributed by atoms with E-state index in [0.29, 0.717) is 0 Å². The quantitative estimate of drug-likeness (QED) is 0.682. The molecule has 2 aromatic heterocycles. The molecule has 0 saturated heterocycles. The topological polar surface area (TPSA) is 56.7 Å². The molecule has 4 heteroatoms. The molecule has 0 spiro atoms.